The zero-order valence-corrected chi connectivity index (χ0v) is 12.6. The van der Waals surface area contributed by atoms with E-state index in [2.05, 4.69) is 4.90 Å². The van der Waals surface area contributed by atoms with E-state index in [0.717, 1.165) is 25.7 Å². The van der Waals surface area contributed by atoms with Crippen LogP contribution < -0.4 is 0 Å². The molecule has 0 amide bonds. The molecule has 0 heterocycles. The van der Waals surface area contributed by atoms with Crippen molar-refractivity contribution < 1.29 is 15.0 Å². The lowest BCUT2D eigenvalue weighted by molar-refractivity contribution is -0.142. The van der Waals surface area contributed by atoms with Gasteiger partial charge in [-0.1, -0.05) is 33.1 Å². The minimum atomic E-state index is -0.731. The van der Waals surface area contributed by atoms with Crippen molar-refractivity contribution in [3.8, 4) is 0 Å². The standard InChI is InChI=1S/C15H29NO3/c1-4-15(19,5-2)12-16(3)14(11-13(17)18)9-7-6-8-10-14/h19H,4-12H2,1-3H3,(H,17,18). The smallest absolute Gasteiger partial charge is 0.305 e. The summed E-state index contributed by atoms with van der Waals surface area (Å²) in [4.78, 5) is 13.3. The van der Waals surface area contributed by atoms with Gasteiger partial charge in [0.2, 0.25) is 0 Å². The van der Waals surface area contributed by atoms with E-state index in [0.29, 0.717) is 19.4 Å². The third-order valence-corrected chi connectivity index (χ3v) is 4.92. The van der Waals surface area contributed by atoms with Gasteiger partial charge in [-0.2, -0.15) is 0 Å². The predicted octanol–water partition coefficient (Wildman–Crippen LogP) is 2.65. The van der Waals surface area contributed by atoms with Gasteiger partial charge in [0, 0.05) is 12.1 Å². The Balaban J connectivity index is 2.82. The summed E-state index contributed by atoms with van der Waals surface area (Å²) >= 11 is 0. The molecule has 1 rings (SSSR count). The van der Waals surface area contributed by atoms with Crippen LogP contribution in [0.2, 0.25) is 0 Å². The molecule has 0 aromatic heterocycles. The molecule has 0 bridgehead atoms. The second-order valence-electron chi connectivity index (χ2n) is 6.14. The minimum absolute atomic E-state index is 0.188. The lowest BCUT2D eigenvalue weighted by Crippen LogP contribution is -2.54. The lowest BCUT2D eigenvalue weighted by atomic mass is 9.77. The highest BCUT2D eigenvalue weighted by molar-refractivity contribution is 5.68. The number of aliphatic carboxylic acids is 1. The largest absolute Gasteiger partial charge is 0.481 e. The van der Waals surface area contributed by atoms with Gasteiger partial charge < -0.3 is 10.2 Å². The number of carboxylic acids is 1. The average molecular weight is 271 g/mol. The van der Waals surface area contributed by atoms with Crippen LogP contribution in [0, 0.1) is 0 Å². The zero-order chi connectivity index (χ0) is 14.5. The first kappa shape index (κ1) is 16.4. The highest BCUT2D eigenvalue weighted by Gasteiger charge is 2.40. The van der Waals surface area contributed by atoms with Gasteiger partial charge in [-0.05, 0) is 32.7 Å². The topological polar surface area (TPSA) is 60.8 Å². The van der Waals surface area contributed by atoms with Crippen LogP contribution >= 0.6 is 0 Å². The van der Waals surface area contributed by atoms with Crippen LogP contribution in [0.5, 0.6) is 0 Å². The molecular formula is C15H29NO3. The Morgan fingerprint density at radius 3 is 2.16 bits per heavy atom. The summed E-state index contributed by atoms with van der Waals surface area (Å²) in [6.45, 7) is 4.54. The summed E-state index contributed by atoms with van der Waals surface area (Å²) in [7, 11) is 1.98. The highest BCUT2D eigenvalue weighted by Crippen LogP contribution is 2.37. The number of nitrogens with zero attached hydrogens (tertiary/aromatic N) is 1. The van der Waals surface area contributed by atoms with E-state index in [1.54, 1.807) is 0 Å². The van der Waals surface area contributed by atoms with Gasteiger partial charge in [0.05, 0.1) is 12.0 Å². The fourth-order valence-corrected chi connectivity index (χ4v) is 3.27. The number of likely N-dealkylation sites (N-methyl/N-ethyl adjacent to an activating group) is 1. The molecule has 1 aliphatic carbocycles. The number of carbonyl (C=O) groups is 1. The third kappa shape index (κ3) is 4.18. The maximum atomic E-state index is 11.2. The van der Waals surface area contributed by atoms with Crippen molar-refractivity contribution in [2.75, 3.05) is 13.6 Å². The molecule has 0 saturated heterocycles. The number of hydrogen-bond donors (Lipinski definition) is 2. The lowest BCUT2D eigenvalue weighted by Gasteiger charge is -2.46. The molecule has 4 heteroatoms. The summed E-state index contributed by atoms with van der Waals surface area (Å²) in [5.74, 6) is -0.731. The number of rotatable bonds is 7. The number of aliphatic hydroxyl groups is 1. The summed E-state index contributed by atoms with van der Waals surface area (Å²) in [5, 5.41) is 19.7. The number of carboxylic acid groups (broad SMARTS) is 1. The first-order valence-electron chi connectivity index (χ1n) is 7.53. The second kappa shape index (κ2) is 6.71. The van der Waals surface area contributed by atoms with Gasteiger partial charge in [-0.15, -0.1) is 0 Å². The van der Waals surface area contributed by atoms with Crippen LogP contribution in [-0.4, -0.2) is 45.8 Å². The van der Waals surface area contributed by atoms with Crippen LogP contribution in [0.3, 0.4) is 0 Å². The Morgan fingerprint density at radius 2 is 1.74 bits per heavy atom. The highest BCUT2D eigenvalue weighted by atomic mass is 16.4. The molecule has 0 spiro atoms. The molecule has 112 valence electrons. The van der Waals surface area contributed by atoms with Crippen LogP contribution in [-0.2, 0) is 4.79 Å². The van der Waals surface area contributed by atoms with Crippen molar-refractivity contribution >= 4 is 5.97 Å². The quantitative estimate of drug-likeness (QED) is 0.747. The van der Waals surface area contributed by atoms with E-state index in [9.17, 15) is 15.0 Å². The third-order valence-electron chi connectivity index (χ3n) is 4.92. The molecule has 0 aromatic carbocycles. The molecule has 0 atom stereocenters. The van der Waals surface area contributed by atoms with Gasteiger partial charge in [-0.3, -0.25) is 9.69 Å². The summed E-state index contributed by atoms with van der Waals surface area (Å²) in [6.07, 6.45) is 6.84. The molecule has 4 nitrogen and oxygen atoms in total. The Labute approximate surface area is 116 Å². The SMILES string of the molecule is CCC(O)(CC)CN(C)C1(CC(=O)O)CCCCC1. The van der Waals surface area contributed by atoms with Crippen LogP contribution in [0.15, 0.2) is 0 Å². The molecule has 2 N–H and O–H groups in total. The fraction of sp³-hybridized carbons (Fsp3) is 0.933. The van der Waals surface area contributed by atoms with E-state index in [4.69, 9.17) is 0 Å². The monoisotopic (exact) mass is 271 g/mol. The normalized spacial score (nSPS) is 19.6. The van der Waals surface area contributed by atoms with Gasteiger partial charge in [0.1, 0.15) is 0 Å². The van der Waals surface area contributed by atoms with Crippen molar-refractivity contribution in [1.29, 1.82) is 0 Å². The van der Waals surface area contributed by atoms with Gasteiger partial charge >= 0.3 is 5.97 Å². The molecule has 1 saturated carbocycles. The number of hydrogen-bond acceptors (Lipinski definition) is 3. The molecule has 19 heavy (non-hydrogen) atoms. The van der Waals surface area contributed by atoms with Crippen molar-refractivity contribution in [1.82, 2.24) is 4.90 Å². The molecule has 1 aliphatic rings. The van der Waals surface area contributed by atoms with Crippen molar-refractivity contribution in [2.24, 2.45) is 0 Å². The summed E-state index contributed by atoms with van der Waals surface area (Å²) in [6, 6.07) is 0. The Kier molecular flexibility index (Phi) is 5.81. The molecule has 0 aliphatic heterocycles. The van der Waals surface area contributed by atoms with Crippen molar-refractivity contribution in [3.63, 3.8) is 0 Å². The van der Waals surface area contributed by atoms with Gasteiger partial charge in [0.25, 0.3) is 0 Å². The number of β-amino-alcohol motifs (C(OH)–C–C–N with tert-alkyl or cyclic N) is 1. The molecule has 1 fully saturated rings. The van der Waals surface area contributed by atoms with Crippen LogP contribution in [0.25, 0.3) is 0 Å². The first-order valence-corrected chi connectivity index (χ1v) is 7.53. The molecule has 0 unspecified atom stereocenters. The predicted molar refractivity (Wildman–Crippen MR) is 76.2 cm³/mol. The Hall–Kier alpha value is -0.610. The van der Waals surface area contributed by atoms with Gasteiger partial charge in [-0.25, -0.2) is 0 Å². The van der Waals surface area contributed by atoms with Crippen molar-refractivity contribution in [2.45, 2.75) is 76.4 Å². The van der Waals surface area contributed by atoms with Crippen LogP contribution in [0.4, 0.5) is 0 Å². The second-order valence-corrected chi connectivity index (χ2v) is 6.14. The molecular weight excluding hydrogens is 242 g/mol. The van der Waals surface area contributed by atoms with Crippen LogP contribution in [0.1, 0.15) is 65.2 Å². The van der Waals surface area contributed by atoms with Crippen molar-refractivity contribution in [3.05, 3.63) is 0 Å². The molecule has 0 radical (unpaired) electrons. The zero-order valence-electron chi connectivity index (χ0n) is 12.6. The summed E-state index contributed by atoms with van der Waals surface area (Å²) < 4.78 is 0. The molecule has 0 aromatic rings. The maximum absolute atomic E-state index is 11.2. The minimum Gasteiger partial charge on any atom is -0.481 e. The van der Waals surface area contributed by atoms with Gasteiger partial charge in [0.15, 0.2) is 0 Å². The van der Waals surface area contributed by atoms with E-state index in [1.165, 1.54) is 6.42 Å². The summed E-state index contributed by atoms with van der Waals surface area (Å²) in [5.41, 5.74) is -0.958. The maximum Gasteiger partial charge on any atom is 0.305 e. The van der Waals surface area contributed by atoms with E-state index < -0.39 is 11.6 Å². The van der Waals surface area contributed by atoms with E-state index >= 15 is 0 Å². The fourth-order valence-electron chi connectivity index (χ4n) is 3.27. The van der Waals surface area contributed by atoms with E-state index in [-0.39, 0.29) is 12.0 Å². The first-order chi connectivity index (χ1) is 8.87. The average Bonchev–Trinajstić information content (AvgIpc) is 2.38. The Bertz CT molecular complexity index is 294. The van der Waals surface area contributed by atoms with E-state index in [1.807, 2.05) is 20.9 Å². The Morgan fingerprint density at radius 1 is 1.21 bits per heavy atom.